The third-order valence-corrected chi connectivity index (χ3v) is 4.55. The van der Waals surface area contributed by atoms with Crippen LogP contribution in [0, 0.1) is 0 Å². The molecule has 2 atom stereocenters. The molecular weight excluding hydrogens is 304 g/mol. The van der Waals surface area contributed by atoms with Gasteiger partial charge < -0.3 is 15.2 Å². The number of aliphatic hydroxyl groups is 1. The number of carbonyl (C=O) groups excluding carboxylic acids is 1. The summed E-state index contributed by atoms with van der Waals surface area (Å²) < 4.78 is 5.18. The van der Waals surface area contributed by atoms with Gasteiger partial charge in [-0.1, -0.05) is 12.1 Å². The van der Waals surface area contributed by atoms with E-state index in [-0.39, 0.29) is 17.5 Å². The molecule has 0 spiro atoms. The van der Waals surface area contributed by atoms with Crippen molar-refractivity contribution in [3.63, 3.8) is 0 Å². The number of methoxy groups -OCH3 is 1. The first-order chi connectivity index (χ1) is 11.1. The molecule has 0 bridgehead atoms. The van der Waals surface area contributed by atoms with Crippen molar-refractivity contribution in [3.8, 4) is 5.75 Å². The summed E-state index contributed by atoms with van der Waals surface area (Å²) in [6.07, 6.45) is 1.86. The van der Waals surface area contributed by atoms with Crippen LogP contribution in [0.4, 0.5) is 0 Å². The average molecular weight is 334 g/mol. The lowest BCUT2D eigenvalue weighted by molar-refractivity contribution is -0.125. The molecule has 24 heavy (non-hydrogen) atoms. The Kier molecular flexibility index (Phi) is 5.56. The van der Waals surface area contributed by atoms with E-state index in [0.29, 0.717) is 6.54 Å². The molecule has 1 saturated heterocycles. The summed E-state index contributed by atoms with van der Waals surface area (Å²) in [7, 11) is 1.62. The molecule has 0 radical (unpaired) electrons. The maximum Gasteiger partial charge on any atom is 0.234 e. The summed E-state index contributed by atoms with van der Waals surface area (Å²) in [4.78, 5) is 14.3. The summed E-state index contributed by atoms with van der Waals surface area (Å²) in [6.45, 7) is 8.89. The first-order valence-corrected chi connectivity index (χ1v) is 8.55. The molecule has 0 aliphatic carbocycles. The van der Waals surface area contributed by atoms with Gasteiger partial charge in [0, 0.05) is 11.6 Å². The SMILES string of the molecule is COc1ccc([C@](C)(O)[C@@H]2CCCN2CC(=O)NC(C)(C)C)cc1. The maximum atomic E-state index is 12.3. The topological polar surface area (TPSA) is 61.8 Å². The van der Waals surface area contributed by atoms with Crippen molar-refractivity contribution in [2.75, 3.05) is 20.2 Å². The van der Waals surface area contributed by atoms with Crippen LogP contribution in [0.5, 0.6) is 5.75 Å². The van der Waals surface area contributed by atoms with Gasteiger partial charge >= 0.3 is 0 Å². The zero-order chi connectivity index (χ0) is 18.0. The predicted octanol–water partition coefficient (Wildman–Crippen LogP) is 2.28. The molecule has 1 aliphatic rings. The fourth-order valence-corrected chi connectivity index (χ4v) is 3.42. The molecule has 5 heteroatoms. The van der Waals surface area contributed by atoms with Crippen molar-refractivity contribution in [1.29, 1.82) is 0 Å². The Morgan fingerprint density at radius 1 is 1.29 bits per heavy atom. The normalized spacial score (nSPS) is 21.3. The third kappa shape index (κ3) is 4.48. The minimum absolute atomic E-state index is 0.0000640. The van der Waals surface area contributed by atoms with Crippen molar-refractivity contribution < 1.29 is 14.6 Å². The molecule has 5 nitrogen and oxygen atoms in total. The van der Waals surface area contributed by atoms with E-state index in [9.17, 15) is 9.90 Å². The summed E-state index contributed by atoms with van der Waals surface area (Å²) in [5.74, 6) is 0.766. The van der Waals surface area contributed by atoms with Crippen LogP contribution in [0.15, 0.2) is 24.3 Å². The molecule has 0 saturated carbocycles. The molecule has 1 amide bonds. The molecule has 2 N–H and O–H groups in total. The Labute approximate surface area is 145 Å². The second-order valence-corrected chi connectivity index (χ2v) is 7.80. The lowest BCUT2D eigenvalue weighted by atomic mass is 9.86. The quantitative estimate of drug-likeness (QED) is 0.867. The van der Waals surface area contributed by atoms with Gasteiger partial charge in [0.05, 0.1) is 13.7 Å². The molecule has 1 aromatic carbocycles. The average Bonchev–Trinajstić information content (AvgIpc) is 2.94. The number of carbonyl (C=O) groups is 1. The van der Waals surface area contributed by atoms with E-state index in [1.165, 1.54) is 0 Å². The van der Waals surface area contributed by atoms with Crippen LogP contribution in [-0.4, -0.2) is 47.7 Å². The summed E-state index contributed by atoms with van der Waals surface area (Å²) in [6, 6.07) is 7.43. The summed E-state index contributed by atoms with van der Waals surface area (Å²) in [5.41, 5.74) is -0.410. The van der Waals surface area contributed by atoms with Crippen molar-refractivity contribution in [3.05, 3.63) is 29.8 Å². The Hall–Kier alpha value is -1.59. The lowest BCUT2D eigenvalue weighted by Gasteiger charge is -2.37. The minimum Gasteiger partial charge on any atom is -0.497 e. The number of benzene rings is 1. The van der Waals surface area contributed by atoms with E-state index in [4.69, 9.17) is 4.74 Å². The van der Waals surface area contributed by atoms with Crippen LogP contribution < -0.4 is 10.1 Å². The van der Waals surface area contributed by atoms with E-state index < -0.39 is 5.60 Å². The molecule has 1 aromatic rings. The van der Waals surface area contributed by atoms with Crippen molar-refractivity contribution in [2.24, 2.45) is 0 Å². The Morgan fingerprint density at radius 2 is 1.92 bits per heavy atom. The fraction of sp³-hybridized carbons (Fsp3) is 0.632. The first-order valence-electron chi connectivity index (χ1n) is 8.55. The van der Waals surface area contributed by atoms with Gasteiger partial charge in [-0.3, -0.25) is 9.69 Å². The Balaban J connectivity index is 2.11. The van der Waals surface area contributed by atoms with Crippen LogP contribution in [0.1, 0.15) is 46.1 Å². The number of nitrogens with zero attached hydrogens (tertiary/aromatic N) is 1. The molecule has 1 fully saturated rings. The number of likely N-dealkylation sites (tertiary alicyclic amines) is 1. The van der Waals surface area contributed by atoms with E-state index in [1.54, 1.807) is 7.11 Å². The van der Waals surface area contributed by atoms with Crippen molar-refractivity contribution in [1.82, 2.24) is 10.2 Å². The van der Waals surface area contributed by atoms with Crippen LogP contribution in [0.2, 0.25) is 0 Å². The highest BCUT2D eigenvalue weighted by Gasteiger charge is 2.41. The highest BCUT2D eigenvalue weighted by Crippen LogP contribution is 2.35. The van der Waals surface area contributed by atoms with E-state index >= 15 is 0 Å². The summed E-state index contributed by atoms with van der Waals surface area (Å²) in [5, 5.41) is 14.1. The molecular formula is C19H30N2O3. The van der Waals surface area contributed by atoms with Crippen LogP contribution in [-0.2, 0) is 10.4 Å². The zero-order valence-corrected chi connectivity index (χ0v) is 15.4. The van der Waals surface area contributed by atoms with Gasteiger partial charge in [0.1, 0.15) is 11.4 Å². The van der Waals surface area contributed by atoms with E-state index in [2.05, 4.69) is 10.2 Å². The third-order valence-electron chi connectivity index (χ3n) is 4.55. The lowest BCUT2D eigenvalue weighted by Crippen LogP contribution is -2.51. The van der Waals surface area contributed by atoms with E-state index in [0.717, 1.165) is 30.7 Å². The fourth-order valence-electron chi connectivity index (χ4n) is 3.42. The highest BCUT2D eigenvalue weighted by atomic mass is 16.5. The zero-order valence-electron chi connectivity index (χ0n) is 15.4. The number of nitrogens with one attached hydrogen (secondary N) is 1. The minimum atomic E-state index is -1.01. The highest BCUT2D eigenvalue weighted by molar-refractivity contribution is 5.78. The number of rotatable bonds is 5. The van der Waals surface area contributed by atoms with Crippen LogP contribution in [0.25, 0.3) is 0 Å². The Morgan fingerprint density at radius 3 is 2.46 bits per heavy atom. The van der Waals surface area contributed by atoms with Crippen molar-refractivity contribution in [2.45, 2.75) is 57.7 Å². The second-order valence-electron chi connectivity index (χ2n) is 7.80. The number of hydrogen-bond acceptors (Lipinski definition) is 4. The molecule has 134 valence electrons. The molecule has 1 heterocycles. The van der Waals surface area contributed by atoms with Gasteiger partial charge in [-0.25, -0.2) is 0 Å². The van der Waals surface area contributed by atoms with Gasteiger partial charge in [0.15, 0.2) is 0 Å². The standard InChI is InChI=1S/C19H30N2O3/c1-18(2,3)20-17(22)13-21-12-6-7-16(21)19(4,23)14-8-10-15(24-5)11-9-14/h8-11,16,23H,6-7,12-13H2,1-5H3,(H,20,22)/t16-,19-/m0/s1. The van der Waals surface area contributed by atoms with Gasteiger partial charge in [0.25, 0.3) is 0 Å². The monoisotopic (exact) mass is 334 g/mol. The second kappa shape index (κ2) is 7.11. The van der Waals surface area contributed by atoms with Crippen LogP contribution >= 0.6 is 0 Å². The summed E-state index contributed by atoms with van der Waals surface area (Å²) >= 11 is 0. The molecule has 0 unspecified atom stereocenters. The Bertz CT molecular complexity index is 561. The number of amides is 1. The van der Waals surface area contributed by atoms with Gasteiger partial charge in [-0.2, -0.15) is 0 Å². The van der Waals surface area contributed by atoms with Gasteiger partial charge in [0.2, 0.25) is 5.91 Å². The molecule has 2 rings (SSSR count). The van der Waals surface area contributed by atoms with Crippen molar-refractivity contribution >= 4 is 5.91 Å². The number of ether oxygens (including phenoxy) is 1. The first kappa shape index (κ1) is 18.7. The maximum absolute atomic E-state index is 12.3. The molecule has 0 aromatic heterocycles. The largest absolute Gasteiger partial charge is 0.497 e. The smallest absolute Gasteiger partial charge is 0.234 e. The van der Waals surface area contributed by atoms with Gasteiger partial charge in [-0.15, -0.1) is 0 Å². The van der Waals surface area contributed by atoms with E-state index in [1.807, 2.05) is 52.0 Å². The predicted molar refractivity (Wildman–Crippen MR) is 95.1 cm³/mol. The van der Waals surface area contributed by atoms with Crippen LogP contribution in [0.3, 0.4) is 0 Å². The van der Waals surface area contributed by atoms with Gasteiger partial charge in [-0.05, 0) is 64.8 Å². The number of hydrogen-bond donors (Lipinski definition) is 2. The molecule has 1 aliphatic heterocycles.